The largest absolute Gasteiger partial charge is 0.416 e. The van der Waals surface area contributed by atoms with Crippen molar-refractivity contribution < 1.29 is 23.0 Å². The van der Waals surface area contributed by atoms with E-state index in [0.717, 1.165) is 12.1 Å². The normalized spacial score (nSPS) is 14.2. The Bertz CT molecular complexity index is 447. The maximum absolute atomic E-state index is 12.6. The molecule has 3 nitrogen and oxygen atoms in total. The fraction of sp³-hybridized carbons (Fsp3) is 0.600. The Morgan fingerprint density at radius 2 is 1.95 bits per heavy atom. The Morgan fingerprint density at radius 3 is 2.52 bits per heavy atom. The maximum atomic E-state index is 12.6. The van der Waals surface area contributed by atoms with Crippen LogP contribution in [0.2, 0.25) is 0 Å². The molecule has 0 amide bonds. The molecule has 0 saturated carbocycles. The van der Waals surface area contributed by atoms with Crippen LogP contribution in [0.1, 0.15) is 38.0 Å². The summed E-state index contributed by atoms with van der Waals surface area (Å²) in [5.74, 6) is 0. The third-order valence-corrected chi connectivity index (χ3v) is 3.02. The van der Waals surface area contributed by atoms with Gasteiger partial charge in [-0.25, -0.2) is 0 Å². The highest BCUT2D eigenvalue weighted by Gasteiger charge is 2.30. The van der Waals surface area contributed by atoms with Crippen LogP contribution in [-0.2, 0) is 10.9 Å². The van der Waals surface area contributed by atoms with Crippen molar-refractivity contribution in [2.75, 3.05) is 19.7 Å². The molecule has 2 N–H and O–H groups in total. The zero-order valence-electron chi connectivity index (χ0n) is 12.5. The molecule has 21 heavy (non-hydrogen) atoms. The average Bonchev–Trinajstić information content (AvgIpc) is 2.37. The second-order valence-electron chi connectivity index (χ2n) is 5.46. The number of nitrogens with one attached hydrogen (secondary N) is 1. The number of benzene rings is 1. The van der Waals surface area contributed by atoms with E-state index < -0.39 is 17.8 Å². The van der Waals surface area contributed by atoms with Gasteiger partial charge < -0.3 is 15.2 Å². The van der Waals surface area contributed by atoms with E-state index in [9.17, 15) is 18.3 Å². The van der Waals surface area contributed by atoms with Crippen molar-refractivity contribution >= 4 is 0 Å². The van der Waals surface area contributed by atoms with Crippen LogP contribution in [0.25, 0.3) is 0 Å². The molecule has 1 atom stereocenters. The van der Waals surface area contributed by atoms with E-state index in [1.165, 1.54) is 12.1 Å². The fourth-order valence-corrected chi connectivity index (χ4v) is 1.99. The van der Waals surface area contributed by atoms with Crippen molar-refractivity contribution in [3.63, 3.8) is 0 Å². The van der Waals surface area contributed by atoms with Crippen LogP contribution in [0, 0.1) is 0 Å². The predicted octanol–water partition coefficient (Wildman–Crippen LogP) is 3.14. The zero-order valence-corrected chi connectivity index (χ0v) is 12.5. The van der Waals surface area contributed by atoms with Crippen LogP contribution >= 0.6 is 0 Å². The molecular weight excluding hydrogens is 283 g/mol. The van der Waals surface area contributed by atoms with Crippen LogP contribution in [-0.4, -0.2) is 30.4 Å². The van der Waals surface area contributed by atoms with Gasteiger partial charge >= 0.3 is 6.18 Å². The third-order valence-electron chi connectivity index (χ3n) is 3.02. The van der Waals surface area contributed by atoms with Gasteiger partial charge in [-0.1, -0.05) is 12.1 Å². The number of rotatable bonds is 7. The number of halogens is 3. The second kappa shape index (κ2) is 7.24. The van der Waals surface area contributed by atoms with E-state index >= 15 is 0 Å². The van der Waals surface area contributed by atoms with Gasteiger partial charge in [0.15, 0.2) is 0 Å². The highest BCUT2D eigenvalue weighted by Crippen LogP contribution is 2.30. The molecule has 0 saturated heterocycles. The average molecular weight is 305 g/mol. The van der Waals surface area contributed by atoms with E-state index in [1.807, 2.05) is 20.8 Å². The van der Waals surface area contributed by atoms with E-state index in [0.29, 0.717) is 13.2 Å². The molecule has 0 spiro atoms. The molecule has 0 aromatic heterocycles. The molecule has 6 heteroatoms. The molecule has 120 valence electrons. The summed E-state index contributed by atoms with van der Waals surface area (Å²) in [7, 11) is 0. The van der Waals surface area contributed by atoms with E-state index in [2.05, 4.69) is 5.32 Å². The van der Waals surface area contributed by atoms with Crippen molar-refractivity contribution in [2.24, 2.45) is 0 Å². The number of aliphatic hydroxyl groups excluding tert-OH is 1. The maximum Gasteiger partial charge on any atom is 0.416 e. The molecule has 0 aliphatic heterocycles. The number of ether oxygens (including phenoxy) is 1. The number of aliphatic hydroxyl groups is 1. The SMILES string of the molecule is CCOC(C)(C)CNCC(O)c1cccc(C(F)(F)F)c1. The summed E-state index contributed by atoms with van der Waals surface area (Å²) in [6, 6.07) is 4.74. The molecule has 1 aromatic carbocycles. The summed E-state index contributed by atoms with van der Waals surface area (Å²) in [6.45, 7) is 6.93. The number of hydrogen-bond donors (Lipinski definition) is 2. The number of hydrogen-bond acceptors (Lipinski definition) is 3. The summed E-state index contributed by atoms with van der Waals surface area (Å²) < 4.78 is 43.3. The summed E-state index contributed by atoms with van der Waals surface area (Å²) in [6.07, 6.45) is -5.40. The minimum Gasteiger partial charge on any atom is -0.387 e. The summed E-state index contributed by atoms with van der Waals surface area (Å²) in [5.41, 5.74) is -0.900. The van der Waals surface area contributed by atoms with Crippen LogP contribution in [0.3, 0.4) is 0 Å². The smallest absolute Gasteiger partial charge is 0.387 e. The second-order valence-corrected chi connectivity index (χ2v) is 5.46. The van der Waals surface area contributed by atoms with E-state index in [4.69, 9.17) is 4.74 Å². The topological polar surface area (TPSA) is 41.5 Å². The quantitative estimate of drug-likeness (QED) is 0.813. The third kappa shape index (κ3) is 6.03. The first kappa shape index (κ1) is 17.9. The highest BCUT2D eigenvalue weighted by atomic mass is 19.4. The van der Waals surface area contributed by atoms with Gasteiger partial charge in [0.25, 0.3) is 0 Å². The molecule has 0 radical (unpaired) electrons. The van der Waals surface area contributed by atoms with Crippen LogP contribution in [0.15, 0.2) is 24.3 Å². The van der Waals surface area contributed by atoms with Crippen LogP contribution in [0.5, 0.6) is 0 Å². The van der Waals surface area contributed by atoms with Gasteiger partial charge in [0, 0.05) is 19.7 Å². The Morgan fingerprint density at radius 1 is 1.29 bits per heavy atom. The molecule has 0 bridgehead atoms. The van der Waals surface area contributed by atoms with E-state index in [1.54, 1.807) is 0 Å². The molecule has 1 rings (SSSR count). The van der Waals surface area contributed by atoms with E-state index in [-0.39, 0.29) is 17.7 Å². The fourth-order valence-electron chi connectivity index (χ4n) is 1.99. The van der Waals surface area contributed by atoms with Crippen molar-refractivity contribution in [1.82, 2.24) is 5.32 Å². The zero-order chi connectivity index (χ0) is 16.1. The monoisotopic (exact) mass is 305 g/mol. The van der Waals surface area contributed by atoms with Gasteiger partial charge in [0.2, 0.25) is 0 Å². The van der Waals surface area contributed by atoms with Crippen LogP contribution in [0.4, 0.5) is 13.2 Å². The minimum atomic E-state index is -4.40. The Hall–Kier alpha value is -1.11. The molecule has 0 fully saturated rings. The molecule has 1 unspecified atom stereocenters. The lowest BCUT2D eigenvalue weighted by atomic mass is 10.1. The predicted molar refractivity (Wildman–Crippen MR) is 75.0 cm³/mol. The van der Waals surface area contributed by atoms with Gasteiger partial charge in [-0.2, -0.15) is 13.2 Å². The summed E-state index contributed by atoms with van der Waals surface area (Å²) >= 11 is 0. The van der Waals surface area contributed by atoms with Gasteiger partial charge in [-0.3, -0.25) is 0 Å². The van der Waals surface area contributed by atoms with Crippen molar-refractivity contribution in [3.8, 4) is 0 Å². The first-order valence-corrected chi connectivity index (χ1v) is 6.85. The van der Waals surface area contributed by atoms with Crippen LogP contribution < -0.4 is 5.32 Å². The first-order valence-electron chi connectivity index (χ1n) is 6.85. The molecule has 0 heterocycles. The molecular formula is C15H22F3NO2. The minimum absolute atomic E-state index is 0.164. The lowest BCUT2D eigenvalue weighted by molar-refractivity contribution is -0.137. The lowest BCUT2D eigenvalue weighted by Gasteiger charge is -2.25. The Labute approximate surface area is 123 Å². The highest BCUT2D eigenvalue weighted by molar-refractivity contribution is 5.27. The summed E-state index contributed by atoms with van der Waals surface area (Å²) in [4.78, 5) is 0. The van der Waals surface area contributed by atoms with Gasteiger partial charge in [-0.15, -0.1) is 0 Å². The van der Waals surface area contributed by atoms with Crippen molar-refractivity contribution in [1.29, 1.82) is 0 Å². The standard InChI is InChI=1S/C15H22F3NO2/c1-4-21-14(2,3)10-19-9-13(20)11-6-5-7-12(8-11)15(16,17)18/h5-8,13,19-20H,4,9-10H2,1-3H3. The van der Waals surface area contributed by atoms with Crippen molar-refractivity contribution in [3.05, 3.63) is 35.4 Å². The first-order chi connectivity index (χ1) is 9.65. The molecule has 0 aliphatic rings. The molecule has 1 aromatic rings. The van der Waals surface area contributed by atoms with Gasteiger partial charge in [0.05, 0.1) is 17.3 Å². The molecule has 0 aliphatic carbocycles. The Kier molecular flexibility index (Phi) is 6.19. The van der Waals surface area contributed by atoms with Crippen molar-refractivity contribution in [2.45, 2.75) is 38.7 Å². The summed E-state index contributed by atoms with van der Waals surface area (Å²) in [5, 5.41) is 13.0. The van der Waals surface area contributed by atoms with Gasteiger partial charge in [-0.05, 0) is 38.5 Å². The number of alkyl halides is 3. The Balaban J connectivity index is 2.58. The lowest BCUT2D eigenvalue weighted by Crippen LogP contribution is -2.39. The van der Waals surface area contributed by atoms with Gasteiger partial charge in [0.1, 0.15) is 0 Å².